The van der Waals surface area contributed by atoms with Crippen molar-refractivity contribution in [3.8, 4) is 5.75 Å². The van der Waals surface area contributed by atoms with Crippen molar-refractivity contribution in [3.63, 3.8) is 0 Å². The highest BCUT2D eigenvalue weighted by molar-refractivity contribution is 5.92. The maximum absolute atomic E-state index is 13.3. The van der Waals surface area contributed by atoms with Crippen LogP contribution in [0.4, 0.5) is 0 Å². The molecule has 1 fully saturated rings. The van der Waals surface area contributed by atoms with Crippen LogP contribution in [0.5, 0.6) is 5.75 Å². The average molecular weight is 418 g/mol. The van der Waals surface area contributed by atoms with Gasteiger partial charge in [-0.1, -0.05) is 48.5 Å². The van der Waals surface area contributed by atoms with Gasteiger partial charge in [-0.3, -0.25) is 9.59 Å². The van der Waals surface area contributed by atoms with Gasteiger partial charge in [-0.2, -0.15) is 5.10 Å². The second-order valence-electron chi connectivity index (χ2n) is 7.63. The summed E-state index contributed by atoms with van der Waals surface area (Å²) in [7, 11) is 2.06. The van der Waals surface area contributed by atoms with Crippen LogP contribution in [-0.2, 0) is 6.54 Å². The number of hydrogen-bond acceptors (Lipinski definition) is 5. The Morgan fingerprint density at radius 2 is 1.71 bits per heavy atom. The highest BCUT2D eigenvalue weighted by atomic mass is 16.5. The van der Waals surface area contributed by atoms with Crippen LogP contribution in [0.15, 0.2) is 77.6 Å². The largest absolute Gasteiger partial charge is 0.492 e. The summed E-state index contributed by atoms with van der Waals surface area (Å²) in [6, 6.07) is 22.3. The predicted octanol–water partition coefficient (Wildman–Crippen LogP) is 2.45. The number of aromatic nitrogens is 2. The predicted molar refractivity (Wildman–Crippen MR) is 118 cm³/mol. The lowest BCUT2D eigenvalue weighted by Gasteiger charge is -2.40. The SMILES string of the molecule is CN1CCN(C(=O)c2ccc(=O)n(CCOc3ccccc3)n2)[C@H](c2ccccc2)C1. The highest BCUT2D eigenvalue weighted by Gasteiger charge is 2.31. The number of nitrogens with zero attached hydrogens (tertiary/aromatic N) is 4. The maximum Gasteiger partial charge on any atom is 0.274 e. The van der Waals surface area contributed by atoms with E-state index in [1.54, 1.807) is 0 Å². The summed E-state index contributed by atoms with van der Waals surface area (Å²) < 4.78 is 6.96. The van der Waals surface area contributed by atoms with E-state index in [0.29, 0.717) is 6.54 Å². The van der Waals surface area contributed by atoms with Crippen molar-refractivity contribution in [2.75, 3.05) is 33.3 Å². The molecule has 1 amide bonds. The van der Waals surface area contributed by atoms with E-state index in [4.69, 9.17) is 4.74 Å². The standard InChI is InChI=1S/C24H26N4O3/c1-26-14-15-27(22(18-26)19-8-4-2-5-9-19)24(30)21-12-13-23(29)28(25-21)16-17-31-20-10-6-3-7-11-20/h2-13,22H,14-18H2,1H3/t22-/m0/s1. The van der Waals surface area contributed by atoms with Gasteiger partial charge in [-0.15, -0.1) is 0 Å². The molecule has 0 bridgehead atoms. The van der Waals surface area contributed by atoms with Crippen LogP contribution in [0.25, 0.3) is 0 Å². The van der Waals surface area contributed by atoms with E-state index in [0.717, 1.165) is 24.4 Å². The Balaban J connectivity index is 1.50. The zero-order valence-corrected chi connectivity index (χ0v) is 17.6. The van der Waals surface area contributed by atoms with Crippen molar-refractivity contribution in [1.82, 2.24) is 19.6 Å². The van der Waals surface area contributed by atoms with Crippen LogP contribution >= 0.6 is 0 Å². The van der Waals surface area contributed by atoms with Crippen LogP contribution in [-0.4, -0.2) is 58.8 Å². The molecule has 4 rings (SSSR count). The molecule has 0 aliphatic carbocycles. The van der Waals surface area contributed by atoms with Crippen molar-refractivity contribution in [2.45, 2.75) is 12.6 Å². The molecule has 1 saturated heterocycles. The number of rotatable bonds is 6. The number of amides is 1. The van der Waals surface area contributed by atoms with E-state index >= 15 is 0 Å². The van der Waals surface area contributed by atoms with Crippen LogP contribution in [0.3, 0.4) is 0 Å². The van der Waals surface area contributed by atoms with Crippen LogP contribution < -0.4 is 10.3 Å². The summed E-state index contributed by atoms with van der Waals surface area (Å²) in [4.78, 5) is 29.7. The van der Waals surface area contributed by atoms with E-state index in [1.807, 2.05) is 65.6 Å². The zero-order chi connectivity index (χ0) is 21.6. The Hall–Kier alpha value is -3.45. The van der Waals surface area contributed by atoms with E-state index < -0.39 is 0 Å². The van der Waals surface area contributed by atoms with Crippen molar-refractivity contribution in [2.24, 2.45) is 0 Å². The molecular formula is C24H26N4O3. The van der Waals surface area contributed by atoms with Crippen LogP contribution in [0, 0.1) is 0 Å². The Bertz CT molecular complexity index is 1070. The molecule has 31 heavy (non-hydrogen) atoms. The molecule has 160 valence electrons. The Morgan fingerprint density at radius 3 is 2.45 bits per heavy atom. The molecule has 1 aliphatic heterocycles. The van der Waals surface area contributed by atoms with Crippen molar-refractivity contribution < 1.29 is 9.53 Å². The monoisotopic (exact) mass is 418 g/mol. The molecule has 0 N–H and O–H groups in total. The molecule has 0 saturated carbocycles. The fourth-order valence-electron chi connectivity index (χ4n) is 3.76. The third-order valence-electron chi connectivity index (χ3n) is 5.43. The fraction of sp³-hybridized carbons (Fsp3) is 0.292. The first-order valence-corrected chi connectivity index (χ1v) is 10.4. The summed E-state index contributed by atoms with van der Waals surface area (Å²) in [5, 5.41) is 4.35. The van der Waals surface area contributed by atoms with Gasteiger partial charge in [0.05, 0.1) is 12.6 Å². The van der Waals surface area contributed by atoms with E-state index in [1.165, 1.54) is 16.8 Å². The molecule has 1 aliphatic rings. The molecule has 3 aromatic rings. The van der Waals surface area contributed by atoms with Crippen molar-refractivity contribution in [1.29, 1.82) is 0 Å². The van der Waals surface area contributed by atoms with Crippen LogP contribution in [0.1, 0.15) is 22.1 Å². The number of ether oxygens (including phenoxy) is 1. The van der Waals surface area contributed by atoms with Gasteiger partial charge < -0.3 is 14.5 Å². The molecule has 0 radical (unpaired) electrons. The minimum Gasteiger partial charge on any atom is -0.492 e. The third-order valence-corrected chi connectivity index (χ3v) is 5.43. The van der Waals surface area contributed by atoms with Gasteiger partial charge in [-0.25, -0.2) is 4.68 Å². The number of hydrogen-bond donors (Lipinski definition) is 0. The highest BCUT2D eigenvalue weighted by Crippen LogP contribution is 2.26. The lowest BCUT2D eigenvalue weighted by atomic mass is 10.0. The minimum absolute atomic E-state index is 0.0592. The third kappa shape index (κ3) is 5.00. The fourth-order valence-corrected chi connectivity index (χ4v) is 3.76. The first kappa shape index (κ1) is 20.8. The Labute approximate surface area is 181 Å². The molecule has 1 atom stereocenters. The second-order valence-corrected chi connectivity index (χ2v) is 7.63. The van der Waals surface area contributed by atoms with Gasteiger partial charge >= 0.3 is 0 Å². The van der Waals surface area contributed by atoms with Crippen molar-refractivity contribution in [3.05, 3.63) is 94.4 Å². The Kier molecular flexibility index (Phi) is 6.43. The normalized spacial score (nSPS) is 16.8. The molecule has 7 nitrogen and oxygen atoms in total. The first-order chi connectivity index (χ1) is 15.1. The summed E-state index contributed by atoms with van der Waals surface area (Å²) in [6.45, 7) is 2.70. The van der Waals surface area contributed by atoms with E-state index in [2.05, 4.69) is 17.0 Å². The zero-order valence-electron chi connectivity index (χ0n) is 17.6. The summed E-state index contributed by atoms with van der Waals surface area (Å²) >= 11 is 0. The minimum atomic E-state index is -0.258. The number of piperazine rings is 1. The van der Waals surface area contributed by atoms with Crippen molar-refractivity contribution >= 4 is 5.91 Å². The maximum atomic E-state index is 13.3. The van der Waals surface area contributed by atoms with Gasteiger partial charge in [0.15, 0.2) is 0 Å². The first-order valence-electron chi connectivity index (χ1n) is 10.4. The average Bonchev–Trinajstić information content (AvgIpc) is 2.81. The second kappa shape index (κ2) is 9.57. The molecule has 2 heterocycles. The smallest absolute Gasteiger partial charge is 0.274 e. The van der Waals surface area contributed by atoms with E-state index in [9.17, 15) is 9.59 Å². The topological polar surface area (TPSA) is 67.7 Å². The number of para-hydroxylation sites is 1. The quantitative estimate of drug-likeness (QED) is 0.615. The molecule has 1 aromatic heterocycles. The molecule has 2 aromatic carbocycles. The number of carbonyl (C=O) groups excluding carboxylic acids is 1. The molecule has 0 spiro atoms. The Morgan fingerprint density at radius 1 is 1.00 bits per heavy atom. The lowest BCUT2D eigenvalue weighted by Crippen LogP contribution is -2.49. The number of benzene rings is 2. The molecular weight excluding hydrogens is 392 g/mol. The van der Waals surface area contributed by atoms with Gasteiger partial charge in [-0.05, 0) is 30.8 Å². The van der Waals surface area contributed by atoms with Gasteiger partial charge in [0.25, 0.3) is 11.5 Å². The van der Waals surface area contributed by atoms with E-state index in [-0.39, 0.29) is 36.4 Å². The lowest BCUT2D eigenvalue weighted by molar-refractivity contribution is 0.0489. The van der Waals surface area contributed by atoms with Crippen LogP contribution in [0.2, 0.25) is 0 Å². The van der Waals surface area contributed by atoms with Gasteiger partial charge in [0.2, 0.25) is 0 Å². The molecule has 0 unspecified atom stereocenters. The van der Waals surface area contributed by atoms with Gasteiger partial charge in [0.1, 0.15) is 18.1 Å². The number of carbonyl (C=O) groups is 1. The summed E-state index contributed by atoms with van der Waals surface area (Å²) in [5.74, 6) is 0.561. The number of likely N-dealkylation sites (N-methyl/N-ethyl adjacent to an activating group) is 1. The summed E-state index contributed by atoms with van der Waals surface area (Å²) in [5.41, 5.74) is 1.10. The summed E-state index contributed by atoms with van der Waals surface area (Å²) in [6.07, 6.45) is 0. The molecule has 7 heteroatoms. The van der Waals surface area contributed by atoms with Gasteiger partial charge in [0, 0.05) is 25.7 Å².